The molecular formula is C14H17ClN4OS. The quantitative estimate of drug-likeness (QED) is 0.885. The molecule has 1 saturated heterocycles. The second-order valence-electron chi connectivity index (χ2n) is 4.99. The standard InChI is InChI=1S/C14H17ClN4OS/c15-12-4-3-11(21-12)10(20)8-16-13-7-14(18-9-17-13)19-5-1-2-6-19/h3-4,7,9-10,20H,1-2,5-6,8H2,(H,16,17,18)/t10-/m0/s1. The van der Waals surface area contributed by atoms with Crippen LogP contribution in [0.2, 0.25) is 4.34 Å². The van der Waals surface area contributed by atoms with E-state index in [2.05, 4.69) is 20.2 Å². The van der Waals surface area contributed by atoms with Crippen LogP contribution in [0.1, 0.15) is 23.8 Å². The molecule has 0 aliphatic carbocycles. The molecule has 0 bridgehead atoms. The first-order valence-electron chi connectivity index (χ1n) is 6.96. The topological polar surface area (TPSA) is 61.3 Å². The van der Waals surface area contributed by atoms with Gasteiger partial charge in [-0.2, -0.15) is 0 Å². The van der Waals surface area contributed by atoms with Gasteiger partial charge >= 0.3 is 0 Å². The van der Waals surface area contributed by atoms with E-state index in [0.29, 0.717) is 10.9 Å². The smallest absolute Gasteiger partial charge is 0.134 e. The van der Waals surface area contributed by atoms with E-state index in [1.54, 1.807) is 12.4 Å². The van der Waals surface area contributed by atoms with Crippen molar-refractivity contribution in [3.8, 4) is 0 Å². The van der Waals surface area contributed by atoms with Crippen molar-refractivity contribution in [1.29, 1.82) is 0 Å². The summed E-state index contributed by atoms with van der Waals surface area (Å²) in [6.45, 7) is 2.49. The van der Waals surface area contributed by atoms with E-state index in [0.717, 1.165) is 29.6 Å². The maximum absolute atomic E-state index is 10.1. The van der Waals surface area contributed by atoms with Crippen LogP contribution in [0.5, 0.6) is 0 Å². The maximum Gasteiger partial charge on any atom is 0.134 e. The van der Waals surface area contributed by atoms with E-state index in [1.165, 1.54) is 24.2 Å². The number of anilines is 2. The molecule has 1 fully saturated rings. The van der Waals surface area contributed by atoms with Crippen molar-refractivity contribution in [2.45, 2.75) is 18.9 Å². The summed E-state index contributed by atoms with van der Waals surface area (Å²) in [5, 5.41) is 13.3. The molecule has 2 aromatic rings. The molecule has 1 atom stereocenters. The monoisotopic (exact) mass is 324 g/mol. The number of nitrogens with one attached hydrogen (secondary N) is 1. The Kier molecular flexibility index (Phi) is 4.57. The van der Waals surface area contributed by atoms with Crippen LogP contribution in [0, 0.1) is 0 Å². The molecule has 1 aliphatic rings. The number of halogens is 1. The van der Waals surface area contributed by atoms with Gasteiger partial charge in [0.25, 0.3) is 0 Å². The fourth-order valence-electron chi connectivity index (χ4n) is 2.37. The van der Waals surface area contributed by atoms with E-state index >= 15 is 0 Å². The van der Waals surface area contributed by atoms with Crippen molar-refractivity contribution in [1.82, 2.24) is 9.97 Å². The summed E-state index contributed by atoms with van der Waals surface area (Å²) in [6.07, 6.45) is 3.40. The van der Waals surface area contributed by atoms with Gasteiger partial charge < -0.3 is 15.3 Å². The molecular weight excluding hydrogens is 308 g/mol. The van der Waals surface area contributed by atoms with E-state index in [1.807, 2.05) is 12.1 Å². The van der Waals surface area contributed by atoms with Crippen molar-refractivity contribution in [2.24, 2.45) is 0 Å². The van der Waals surface area contributed by atoms with E-state index in [4.69, 9.17) is 11.6 Å². The number of nitrogens with zero attached hydrogens (tertiary/aromatic N) is 3. The lowest BCUT2D eigenvalue weighted by Gasteiger charge is -2.17. The van der Waals surface area contributed by atoms with Crippen LogP contribution in [-0.4, -0.2) is 34.7 Å². The first-order valence-corrected chi connectivity index (χ1v) is 8.16. The summed E-state index contributed by atoms with van der Waals surface area (Å²) in [5.41, 5.74) is 0. The third-order valence-electron chi connectivity index (χ3n) is 3.48. The maximum atomic E-state index is 10.1. The fraction of sp³-hybridized carbons (Fsp3) is 0.429. The molecule has 7 heteroatoms. The average Bonchev–Trinajstić information content (AvgIpc) is 3.16. The van der Waals surface area contributed by atoms with Crippen LogP contribution >= 0.6 is 22.9 Å². The minimum Gasteiger partial charge on any atom is -0.386 e. The highest BCUT2D eigenvalue weighted by Gasteiger charge is 2.15. The Hall–Kier alpha value is -1.37. The minimum atomic E-state index is -0.590. The van der Waals surface area contributed by atoms with Gasteiger partial charge in [-0.25, -0.2) is 9.97 Å². The Labute approximate surface area is 132 Å². The lowest BCUT2D eigenvalue weighted by atomic mass is 10.3. The Balaban J connectivity index is 1.61. The van der Waals surface area contributed by atoms with Gasteiger partial charge in [-0.05, 0) is 25.0 Å². The number of rotatable bonds is 5. The molecule has 2 N–H and O–H groups in total. The lowest BCUT2D eigenvalue weighted by Crippen LogP contribution is -2.19. The van der Waals surface area contributed by atoms with Crippen molar-refractivity contribution in [2.75, 3.05) is 29.9 Å². The molecule has 0 amide bonds. The molecule has 1 aliphatic heterocycles. The highest BCUT2D eigenvalue weighted by atomic mass is 35.5. The predicted octanol–water partition coefficient (Wildman–Crippen LogP) is 2.94. The molecule has 0 spiro atoms. The Morgan fingerprint density at radius 2 is 2.14 bits per heavy atom. The molecule has 5 nitrogen and oxygen atoms in total. The SMILES string of the molecule is O[C@@H](CNc1cc(N2CCCC2)ncn1)c1ccc(Cl)s1. The molecule has 0 aromatic carbocycles. The van der Waals surface area contributed by atoms with Gasteiger partial charge in [0.05, 0.1) is 4.34 Å². The van der Waals surface area contributed by atoms with Gasteiger partial charge in [0.15, 0.2) is 0 Å². The van der Waals surface area contributed by atoms with Crippen LogP contribution < -0.4 is 10.2 Å². The summed E-state index contributed by atoms with van der Waals surface area (Å²) in [7, 11) is 0. The van der Waals surface area contributed by atoms with Crippen LogP contribution in [0.25, 0.3) is 0 Å². The zero-order chi connectivity index (χ0) is 14.7. The Morgan fingerprint density at radius 3 is 2.86 bits per heavy atom. The highest BCUT2D eigenvalue weighted by molar-refractivity contribution is 7.16. The molecule has 3 rings (SSSR count). The molecule has 0 radical (unpaired) electrons. The second-order valence-corrected chi connectivity index (χ2v) is 6.74. The van der Waals surface area contributed by atoms with Crippen molar-refractivity contribution < 1.29 is 5.11 Å². The van der Waals surface area contributed by atoms with Gasteiger partial charge in [0, 0.05) is 30.6 Å². The zero-order valence-electron chi connectivity index (χ0n) is 11.5. The van der Waals surface area contributed by atoms with Crippen molar-refractivity contribution in [3.05, 3.63) is 33.7 Å². The third kappa shape index (κ3) is 3.64. The molecule has 112 valence electrons. The predicted molar refractivity (Wildman–Crippen MR) is 86.3 cm³/mol. The molecule has 0 unspecified atom stereocenters. The van der Waals surface area contributed by atoms with Gasteiger partial charge in [0.1, 0.15) is 24.1 Å². The third-order valence-corrected chi connectivity index (χ3v) is 4.81. The molecule has 2 aromatic heterocycles. The normalized spacial score (nSPS) is 16.2. The van der Waals surface area contributed by atoms with E-state index in [9.17, 15) is 5.11 Å². The summed E-state index contributed by atoms with van der Waals surface area (Å²) in [5.74, 6) is 1.67. The van der Waals surface area contributed by atoms with E-state index < -0.39 is 6.10 Å². The van der Waals surface area contributed by atoms with Gasteiger partial charge in [-0.15, -0.1) is 11.3 Å². The van der Waals surface area contributed by atoms with Gasteiger partial charge in [0.2, 0.25) is 0 Å². The number of aromatic nitrogens is 2. The molecule has 21 heavy (non-hydrogen) atoms. The van der Waals surface area contributed by atoms with Gasteiger partial charge in [-0.3, -0.25) is 0 Å². The lowest BCUT2D eigenvalue weighted by molar-refractivity contribution is 0.195. The minimum absolute atomic E-state index is 0.396. The van der Waals surface area contributed by atoms with Crippen LogP contribution in [0.3, 0.4) is 0 Å². The largest absolute Gasteiger partial charge is 0.386 e. The van der Waals surface area contributed by atoms with Crippen LogP contribution in [-0.2, 0) is 0 Å². The Bertz CT molecular complexity index is 600. The van der Waals surface area contributed by atoms with Crippen molar-refractivity contribution >= 4 is 34.6 Å². The number of aliphatic hydroxyl groups is 1. The molecule has 3 heterocycles. The van der Waals surface area contributed by atoms with Crippen LogP contribution in [0.15, 0.2) is 24.5 Å². The zero-order valence-corrected chi connectivity index (χ0v) is 13.1. The fourth-order valence-corrected chi connectivity index (χ4v) is 3.42. The Morgan fingerprint density at radius 1 is 1.33 bits per heavy atom. The summed E-state index contributed by atoms with van der Waals surface area (Å²) >= 11 is 7.26. The average molecular weight is 325 g/mol. The van der Waals surface area contributed by atoms with Crippen LogP contribution in [0.4, 0.5) is 11.6 Å². The van der Waals surface area contributed by atoms with E-state index in [-0.39, 0.29) is 0 Å². The molecule has 0 saturated carbocycles. The number of thiophene rings is 1. The first-order chi connectivity index (χ1) is 10.2. The number of hydrogen-bond donors (Lipinski definition) is 2. The first kappa shape index (κ1) is 14.6. The summed E-state index contributed by atoms with van der Waals surface area (Å²) in [6, 6.07) is 5.56. The van der Waals surface area contributed by atoms with Crippen molar-refractivity contribution in [3.63, 3.8) is 0 Å². The highest BCUT2D eigenvalue weighted by Crippen LogP contribution is 2.27. The van der Waals surface area contributed by atoms with Gasteiger partial charge in [-0.1, -0.05) is 11.6 Å². The summed E-state index contributed by atoms with van der Waals surface area (Å²) < 4.78 is 0.683. The number of aliphatic hydroxyl groups excluding tert-OH is 1. The summed E-state index contributed by atoms with van der Waals surface area (Å²) in [4.78, 5) is 11.6. The second kappa shape index (κ2) is 6.60. The number of hydrogen-bond acceptors (Lipinski definition) is 6.